The standard InChI is InChI=1S/C23H26O4/c1-4-17(18-9-10-20(24)15(3)12-18)8-6-16-7-11-21-19(13-16)14-22(27-21)23(25)26-5-2/h7,9-14,17,24H,4-6,8H2,1-3H3. The van der Waals surface area contributed by atoms with Crippen molar-refractivity contribution < 1.29 is 19.1 Å². The van der Waals surface area contributed by atoms with E-state index in [1.54, 1.807) is 19.1 Å². The number of aryl methyl sites for hydroxylation is 2. The Kier molecular flexibility index (Phi) is 5.84. The largest absolute Gasteiger partial charge is 0.508 e. The second-order valence-electron chi connectivity index (χ2n) is 6.89. The van der Waals surface area contributed by atoms with E-state index < -0.39 is 5.97 Å². The summed E-state index contributed by atoms with van der Waals surface area (Å²) in [7, 11) is 0. The van der Waals surface area contributed by atoms with E-state index in [4.69, 9.17) is 9.15 Å². The molecule has 1 unspecified atom stereocenters. The predicted molar refractivity (Wildman–Crippen MR) is 106 cm³/mol. The third-order valence-electron chi connectivity index (χ3n) is 5.02. The molecule has 1 N–H and O–H groups in total. The number of hydrogen-bond donors (Lipinski definition) is 1. The summed E-state index contributed by atoms with van der Waals surface area (Å²) in [6, 6.07) is 13.7. The van der Waals surface area contributed by atoms with E-state index in [1.807, 2.05) is 19.1 Å². The first-order valence-corrected chi connectivity index (χ1v) is 9.51. The SMILES string of the molecule is CCOC(=O)c1cc2cc(CCC(CC)c3ccc(O)c(C)c3)ccc2o1. The molecule has 4 heteroatoms. The van der Waals surface area contributed by atoms with Gasteiger partial charge in [0.15, 0.2) is 0 Å². The Labute approximate surface area is 159 Å². The molecule has 2 aromatic carbocycles. The minimum absolute atomic E-state index is 0.245. The van der Waals surface area contributed by atoms with Crippen molar-refractivity contribution in [2.45, 2.75) is 46.0 Å². The van der Waals surface area contributed by atoms with Crippen LogP contribution in [0, 0.1) is 6.92 Å². The van der Waals surface area contributed by atoms with Crippen LogP contribution in [0.1, 0.15) is 59.9 Å². The number of ether oxygens (including phenoxy) is 1. The molecule has 1 atom stereocenters. The highest BCUT2D eigenvalue weighted by Crippen LogP contribution is 2.29. The van der Waals surface area contributed by atoms with Gasteiger partial charge in [0, 0.05) is 5.39 Å². The predicted octanol–water partition coefficient (Wildman–Crippen LogP) is 5.75. The van der Waals surface area contributed by atoms with Gasteiger partial charge in [-0.25, -0.2) is 4.79 Å². The normalized spacial score (nSPS) is 12.3. The first-order chi connectivity index (χ1) is 13.0. The van der Waals surface area contributed by atoms with E-state index in [-0.39, 0.29) is 5.76 Å². The fraction of sp³-hybridized carbons (Fsp3) is 0.348. The molecule has 27 heavy (non-hydrogen) atoms. The lowest BCUT2D eigenvalue weighted by Gasteiger charge is -2.16. The minimum atomic E-state index is -0.427. The third-order valence-corrected chi connectivity index (χ3v) is 5.02. The van der Waals surface area contributed by atoms with E-state index in [9.17, 15) is 9.90 Å². The second kappa shape index (κ2) is 8.30. The van der Waals surface area contributed by atoms with Gasteiger partial charge in [-0.1, -0.05) is 25.1 Å². The van der Waals surface area contributed by atoms with E-state index in [2.05, 4.69) is 25.1 Å². The number of carbonyl (C=O) groups excluding carboxylic acids is 1. The van der Waals surface area contributed by atoms with Crippen LogP contribution in [0.15, 0.2) is 46.9 Å². The molecule has 0 aliphatic rings. The lowest BCUT2D eigenvalue weighted by molar-refractivity contribution is 0.0492. The summed E-state index contributed by atoms with van der Waals surface area (Å²) in [5.74, 6) is 0.606. The minimum Gasteiger partial charge on any atom is -0.508 e. The lowest BCUT2D eigenvalue weighted by atomic mass is 9.89. The summed E-state index contributed by atoms with van der Waals surface area (Å²) >= 11 is 0. The van der Waals surface area contributed by atoms with E-state index in [1.165, 1.54) is 11.1 Å². The summed E-state index contributed by atoms with van der Waals surface area (Å²) < 4.78 is 10.6. The van der Waals surface area contributed by atoms with Crippen LogP contribution in [0.4, 0.5) is 0 Å². The molecule has 3 rings (SSSR count). The third kappa shape index (κ3) is 4.33. The molecule has 1 heterocycles. The zero-order chi connectivity index (χ0) is 19.4. The Morgan fingerprint density at radius 2 is 1.96 bits per heavy atom. The van der Waals surface area contributed by atoms with E-state index in [0.717, 1.165) is 30.2 Å². The number of phenolic OH excluding ortho intramolecular Hbond substituents is 1. The summed E-state index contributed by atoms with van der Waals surface area (Å²) in [4.78, 5) is 11.8. The highest BCUT2D eigenvalue weighted by Gasteiger charge is 2.14. The second-order valence-corrected chi connectivity index (χ2v) is 6.89. The molecule has 4 nitrogen and oxygen atoms in total. The number of carbonyl (C=O) groups is 1. The van der Waals surface area contributed by atoms with Crippen LogP contribution in [-0.4, -0.2) is 17.7 Å². The van der Waals surface area contributed by atoms with Crippen molar-refractivity contribution in [3.05, 3.63) is 64.9 Å². The Balaban J connectivity index is 1.73. The van der Waals surface area contributed by atoms with Gasteiger partial charge in [0.25, 0.3) is 0 Å². The van der Waals surface area contributed by atoms with Gasteiger partial charge in [-0.3, -0.25) is 0 Å². The van der Waals surface area contributed by atoms with Crippen molar-refractivity contribution in [1.29, 1.82) is 0 Å². The topological polar surface area (TPSA) is 59.7 Å². The van der Waals surface area contributed by atoms with Crippen molar-refractivity contribution >= 4 is 16.9 Å². The quantitative estimate of drug-likeness (QED) is 0.541. The molecule has 0 saturated heterocycles. The van der Waals surface area contributed by atoms with Crippen LogP contribution in [0.25, 0.3) is 11.0 Å². The molecule has 0 saturated carbocycles. The van der Waals surface area contributed by atoms with Crippen LogP contribution in [-0.2, 0) is 11.2 Å². The van der Waals surface area contributed by atoms with Gasteiger partial charge < -0.3 is 14.3 Å². The molecule has 0 radical (unpaired) electrons. The van der Waals surface area contributed by atoms with Crippen LogP contribution < -0.4 is 0 Å². The number of esters is 1. The van der Waals surface area contributed by atoms with Gasteiger partial charge in [0.1, 0.15) is 11.3 Å². The van der Waals surface area contributed by atoms with E-state index >= 15 is 0 Å². The molecule has 0 spiro atoms. The maximum Gasteiger partial charge on any atom is 0.374 e. The number of fused-ring (bicyclic) bond motifs is 1. The summed E-state index contributed by atoms with van der Waals surface area (Å²) in [6.45, 7) is 6.23. The number of benzene rings is 2. The van der Waals surface area contributed by atoms with Crippen molar-refractivity contribution in [3.8, 4) is 5.75 Å². The van der Waals surface area contributed by atoms with Crippen LogP contribution in [0.2, 0.25) is 0 Å². The van der Waals surface area contributed by atoms with E-state index in [0.29, 0.717) is 23.9 Å². The Morgan fingerprint density at radius 1 is 1.15 bits per heavy atom. The lowest BCUT2D eigenvalue weighted by Crippen LogP contribution is -2.02. The van der Waals surface area contributed by atoms with Crippen LogP contribution >= 0.6 is 0 Å². The fourth-order valence-corrected chi connectivity index (χ4v) is 3.43. The van der Waals surface area contributed by atoms with Crippen molar-refractivity contribution in [1.82, 2.24) is 0 Å². The van der Waals surface area contributed by atoms with Crippen molar-refractivity contribution in [3.63, 3.8) is 0 Å². The first-order valence-electron chi connectivity index (χ1n) is 9.51. The zero-order valence-electron chi connectivity index (χ0n) is 16.1. The molecule has 0 amide bonds. The Hall–Kier alpha value is -2.75. The average Bonchev–Trinajstić information content (AvgIpc) is 3.09. The average molecular weight is 366 g/mol. The van der Waals surface area contributed by atoms with Gasteiger partial charge in [-0.15, -0.1) is 0 Å². The summed E-state index contributed by atoms with van der Waals surface area (Å²) in [5.41, 5.74) is 4.09. The molecule has 0 aliphatic carbocycles. The molecule has 3 aromatic rings. The Morgan fingerprint density at radius 3 is 2.67 bits per heavy atom. The van der Waals surface area contributed by atoms with Crippen LogP contribution in [0.5, 0.6) is 5.75 Å². The number of rotatable bonds is 7. The smallest absolute Gasteiger partial charge is 0.374 e. The zero-order valence-corrected chi connectivity index (χ0v) is 16.1. The van der Waals surface area contributed by atoms with Crippen molar-refractivity contribution in [2.75, 3.05) is 6.61 Å². The highest BCUT2D eigenvalue weighted by molar-refractivity contribution is 5.92. The van der Waals surface area contributed by atoms with Gasteiger partial charge in [-0.05, 0) is 80.0 Å². The number of furan rings is 1. The van der Waals surface area contributed by atoms with Gasteiger partial charge >= 0.3 is 5.97 Å². The monoisotopic (exact) mass is 366 g/mol. The summed E-state index contributed by atoms with van der Waals surface area (Å²) in [6.07, 6.45) is 3.01. The number of aromatic hydroxyl groups is 1. The molecule has 0 aliphatic heterocycles. The maximum absolute atomic E-state index is 11.8. The Bertz CT molecular complexity index is 939. The van der Waals surface area contributed by atoms with Gasteiger partial charge in [0.2, 0.25) is 5.76 Å². The molecule has 0 bridgehead atoms. The molecule has 142 valence electrons. The van der Waals surface area contributed by atoms with Crippen LogP contribution in [0.3, 0.4) is 0 Å². The maximum atomic E-state index is 11.8. The number of phenols is 1. The van der Waals surface area contributed by atoms with Gasteiger partial charge in [-0.2, -0.15) is 0 Å². The highest BCUT2D eigenvalue weighted by atomic mass is 16.5. The summed E-state index contributed by atoms with van der Waals surface area (Å²) in [5, 5.41) is 10.7. The molecule has 1 aromatic heterocycles. The molecule has 0 fully saturated rings. The van der Waals surface area contributed by atoms with Crippen molar-refractivity contribution in [2.24, 2.45) is 0 Å². The number of hydrogen-bond acceptors (Lipinski definition) is 4. The molecular formula is C23H26O4. The molecular weight excluding hydrogens is 340 g/mol. The first kappa shape index (κ1) is 19.0. The fourth-order valence-electron chi connectivity index (χ4n) is 3.43. The van der Waals surface area contributed by atoms with Gasteiger partial charge in [0.05, 0.1) is 6.61 Å².